The maximum Gasteiger partial charge on any atom is 0.133 e. The van der Waals surface area contributed by atoms with Gasteiger partial charge in [0, 0.05) is 12.3 Å². The first-order chi connectivity index (χ1) is 7.25. The Morgan fingerprint density at radius 1 is 1.47 bits per heavy atom. The van der Waals surface area contributed by atoms with E-state index >= 15 is 0 Å². The van der Waals surface area contributed by atoms with Crippen molar-refractivity contribution in [2.45, 2.75) is 25.7 Å². The van der Waals surface area contributed by atoms with Gasteiger partial charge in [-0.25, -0.2) is 0 Å². The van der Waals surface area contributed by atoms with E-state index in [-0.39, 0.29) is 5.92 Å². The fourth-order valence-electron chi connectivity index (χ4n) is 2.45. The third kappa shape index (κ3) is 1.44. The Labute approximate surface area is 89.2 Å². The normalized spacial score (nSPS) is 27.0. The van der Waals surface area contributed by atoms with Crippen LogP contribution in [-0.2, 0) is 11.2 Å². The third-order valence-corrected chi connectivity index (χ3v) is 3.45. The molecule has 1 aromatic carbocycles. The number of ketones is 1. The smallest absolute Gasteiger partial charge is 0.133 e. The number of benzene rings is 1. The third-order valence-electron chi connectivity index (χ3n) is 3.45. The number of fused-ring (bicyclic) bond motifs is 1. The van der Waals surface area contributed by atoms with E-state index in [0.29, 0.717) is 11.7 Å². The van der Waals surface area contributed by atoms with Crippen molar-refractivity contribution < 1.29 is 9.53 Å². The largest absolute Gasteiger partial charge is 0.493 e. The SMILES string of the molecule is CC(=O)C1CC1c1ccc2c(c1)CCO2. The first kappa shape index (κ1) is 8.96. The van der Waals surface area contributed by atoms with Crippen LogP contribution in [0.15, 0.2) is 18.2 Å². The Hall–Kier alpha value is -1.31. The first-order valence-corrected chi connectivity index (χ1v) is 5.52. The highest BCUT2D eigenvalue weighted by Crippen LogP contribution is 2.48. The summed E-state index contributed by atoms with van der Waals surface area (Å²) in [5.74, 6) is 2.12. The van der Waals surface area contributed by atoms with Crippen molar-refractivity contribution >= 4 is 5.78 Å². The van der Waals surface area contributed by atoms with Gasteiger partial charge in [0.1, 0.15) is 11.5 Å². The van der Waals surface area contributed by atoms with Gasteiger partial charge in [-0.1, -0.05) is 12.1 Å². The number of carbonyl (C=O) groups excluding carboxylic acids is 1. The van der Waals surface area contributed by atoms with Crippen LogP contribution in [0, 0.1) is 5.92 Å². The molecule has 2 unspecified atom stereocenters. The van der Waals surface area contributed by atoms with E-state index in [9.17, 15) is 4.79 Å². The summed E-state index contributed by atoms with van der Waals surface area (Å²) in [5, 5.41) is 0. The van der Waals surface area contributed by atoms with Gasteiger partial charge in [0.05, 0.1) is 6.61 Å². The summed E-state index contributed by atoms with van der Waals surface area (Å²) in [4.78, 5) is 11.2. The average Bonchev–Trinajstić information content (AvgIpc) is 2.89. The van der Waals surface area contributed by atoms with Crippen molar-refractivity contribution in [2.24, 2.45) is 5.92 Å². The molecule has 2 atom stereocenters. The summed E-state index contributed by atoms with van der Waals surface area (Å²) in [7, 11) is 0. The lowest BCUT2D eigenvalue weighted by Crippen LogP contribution is -1.95. The number of hydrogen-bond donors (Lipinski definition) is 0. The molecule has 0 N–H and O–H groups in total. The van der Waals surface area contributed by atoms with Crippen molar-refractivity contribution in [1.82, 2.24) is 0 Å². The molecule has 1 aliphatic heterocycles. The van der Waals surface area contributed by atoms with Crippen molar-refractivity contribution in [3.8, 4) is 5.75 Å². The fraction of sp³-hybridized carbons (Fsp3) is 0.462. The molecule has 3 rings (SSSR count). The predicted octanol–water partition coefficient (Wildman–Crippen LogP) is 2.31. The number of Topliss-reactive ketones (excluding diaryl/α,β-unsaturated/α-hetero) is 1. The summed E-state index contributed by atoms with van der Waals surface area (Å²) in [6.07, 6.45) is 2.05. The van der Waals surface area contributed by atoms with Gasteiger partial charge in [-0.15, -0.1) is 0 Å². The molecule has 0 aromatic heterocycles. The lowest BCUT2D eigenvalue weighted by Gasteiger charge is -2.02. The molecule has 15 heavy (non-hydrogen) atoms. The van der Waals surface area contributed by atoms with E-state index in [1.807, 2.05) is 6.07 Å². The Morgan fingerprint density at radius 3 is 3.07 bits per heavy atom. The van der Waals surface area contributed by atoms with Crippen LogP contribution in [0.1, 0.15) is 30.4 Å². The number of ether oxygens (including phenoxy) is 1. The number of hydrogen-bond acceptors (Lipinski definition) is 2. The molecule has 0 saturated heterocycles. The summed E-state index contributed by atoms with van der Waals surface area (Å²) in [5.41, 5.74) is 2.63. The Bertz CT molecular complexity index is 423. The minimum absolute atomic E-state index is 0.283. The van der Waals surface area contributed by atoms with Gasteiger partial charge < -0.3 is 4.74 Å². The van der Waals surface area contributed by atoms with E-state index in [2.05, 4.69) is 12.1 Å². The standard InChI is InChI=1S/C13H14O2/c1-8(14)11-7-12(11)9-2-3-13-10(6-9)4-5-15-13/h2-3,6,11-12H,4-5,7H2,1H3. The van der Waals surface area contributed by atoms with Crippen LogP contribution in [-0.4, -0.2) is 12.4 Å². The number of rotatable bonds is 2. The maximum absolute atomic E-state index is 11.2. The summed E-state index contributed by atoms with van der Waals surface area (Å²) in [6.45, 7) is 2.50. The molecule has 1 aromatic rings. The van der Waals surface area contributed by atoms with E-state index < -0.39 is 0 Å². The maximum atomic E-state index is 11.2. The molecule has 0 bridgehead atoms. The van der Waals surface area contributed by atoms with Crippen LogP contribution in [0.3, 0.4) is 0 Å². The second-order valence-electron chi connectivity index (χ2n) is 4.52. The molecule has 1 saturated carbocycles. The van der Waals surface area contributed by atoms with Crippen LogP contribution in [0.2, 0.25) is 0 Å². The zero-order chi connectivity index (χ0) is 10.4. The van der Waals surface area contributed by atoms with Gasteiger partial charge >= 0.3 is 0 Å². The highest BCUT2D eigenvalue weighted by atomic mass is 16.5. The second kappa shape index (κ2) is 3.09. The molecule has 1 fully saturated rings. The minimum Gasteiger partial charge on any atom is -0.493 e. The van der Waals surface area contributed by atoms with Crippen molar-refractivity contribution in [3.63, 3.8) is 0 Å². The molecule has 2 aliphatic rings. The highest BCUT2D eigenvalue weighted by molar-refractivity contribution is 5.82. The molecule has 1 aliphatic carbocycles. The minimum atomic E-state index is 0.283. The molecule has 1 heterocycles. The second-order valence-corrected chi connectivity index (χ2v) is 4.52. The van der Waals surface area contributed by atoms with Crippen LogP contribution >= 0.6 is 0 Å². The van der Waals surface area contributed by atoms with Gasteiger partial charge in [-0.05, 0) is 36.5 Å². The molecule has 78 valence electrons. The molecular formula is C13H14O2. The number of carbonyl (C=O) groups is 1. The molecule has 0 amide bonds. The molecule has 0 radical (unpaired) electrons. The Kier molecular flexibility index (Phi) is 1.84. The quantitative estimate of drug-likeness (QED) is 0.735. The topological polar surface area (TPSA) is 26.3 Å². The van der Waals surface area contributed by atoms with E-state index in [1.165, 1.54) is 11.1 Å². The van der Waals surface area contributed by atoms with Crippen LogP contribution in [0.25, 0.3) is 0 Å². The molecule has 2 heteroatoms. The average molecular weight is 202 g/mol. The van der Waals surface area contributed by atoms with E-state index in [4.69, 9.17) is 4.74 Å². The van der Waals surface area contributed by atoms with E-state index in [1.54, 1.807) is 6.92 Å². The fourth-order valence-corrected chi connectivity index (χ4v) is 2.45. The summed E-state index contributed by atoms with van der Waals surface area (Å²) >= 11 is 0. The highest BCUT2D eigenvalue weighted by Gasteiger charge is 2.41. The van der Waals surface area contributed by atoms with Gasteiger partial charge in [-0.3, -0.25) is 4.79 Å². The lowest BCUT2D eigenvalue weighted by atomic mass is 10.0. The predicted molar refractivity (Wildman–Crippen MR) is 57.2 cm³/mol. The van der Waals surface area contributed by atoms with Gasteiger partial charge in [-0.2, -0.15) is 0 Å². The Balaban J connectivity index is 1.86. The van der Waals surface area contributed by atoms with Gasteiger partial charge in [0.2, 0.25) is 0 Å². The van der Waals surface area contributed by atoms with Crippen LogP contribution in [0.4, 0.5) is 0 Å². The summed E-state index contributed by atoms with van der Waals surface area (Å²) in [6, 6.07) is 6.38. The first-order valence-electron chi connectivity index (χ1n) is 5.52. The van der Waals surface area contributed by atoms with Crippen molar-refractivity contribution in [2.75, 3.05) is 6.61 Å². The zero-order valence-electron chi connectivity index (χ0n) is 8.82. The summed E-state index contributed by atoms with van der Waals surface area (Å²) < 4.78 is 5.46. The van der Waals surface area contributed by atoms with Crippen LogP contribution < -0.4 is 4.74 Å². The van der Waals surface area contributed by atoms with Crippen LogP contribution in [0.5, 0.6) is 5.75 Å². The van der Waals surface area contributed by atoms with E-state index in [0.717, 1.165) is 25.2 Å². The monoisotopic (exact) mass is 202 g/mol. The molecule has 2 nitrogen and oxygen atoms in total. The van der Waals surface area contributed by atoms with Gasteiger partial charge in [0.25, 0.3) is 0 Å². The Morgan fingerprint density at radius 2 is 2.33 bits per heavy atom. The molecule has 0 spiro atoms. The van der Waals surface area contributed by atoms with Crippen molar-refractivity contribution in [1.29, 1.82) is 0 Å². The molecular weight excluding hydrogens is 188 g/mol. The van der Waals surface area contributed by atoms with Crippen molar-refractivity contribution in [3.05, 3.63) is 29.3 Å². The lowest BCUT2D eigenvalue weighted by molar-refractivity contribution is -0.118. The van der Waals surface area contributed by atoms with Gasteiger partial charge in [0.15, 0.2) is 0 Å². The zero-order valence-corrected chi connectivity index (χ0v) is 8.82.